The first kappa shape index (κ1) is 13.3. The molecule has 1 fully saturated rings. The summed E-state index contributed by atoms with van der Waals surface area (Å²) >= 11 is 0. The summed E-state index contributed by atoms with van der Waals surface area (Å²) in [6, 6.07) is 4.70. The molecule has 1 N–H and O–H groups in total. The van der Waals surface area contributed by atoms with Gasteiger partial charge in [-0.05, 0) is 38.3 Å². The van der Waals surface area contributed by atoms with Crippen molar-refractivity contribution in [1.82, 2.24) is 4.98 Å². The summed E-state index contributed by atoms with van der Waals surface area (Å²) in [5, 5.41) is 9.20. The van der Waals surface area contributed by atoms with Crippen LogP contribution in [0.25, 0.3) is 0 Å². The minimum absolute atomic E-state index is 0.0780. The van der Waals surface area contributed by atoms with Gasteiger partial charge in [0, 0.05) is 18.3 Å². The van der Waals surface area contributed by atoms with Crippen LogP contribution in [0.15, 0.2) is 12.1 Å². The molecule has 2 rings (SSSR count). The Morgan fingerprint density at radius 2 is 2.00 bits per heavy atom. The summed E-state index contributed by atoms with van der Waals surface area (Å²) in [6.45, 7) is 5.26. The van der Waals surface area contributed by atoms with Gasteiger partial charge in [0.15, 0.2) is 0 Å². The normalized spacial score (nSPS) is 16.8. The van der Waals surface area contributed by atoms with Crippen LogP contribution < -0.4 is 4.90 Å². The van der Waals surface area contributed by atoms with Gasteiger partial charge >= 0.3 is 0 Å². The Kier molecular flexibility index (Phi) is 4.59. The van der Waals surface area contributed by atoms with Gasteiger partial charge < -0.3 is 10.0 Å². The van der Waals surface area contributed by atoms with Crippen LogP contribution in [-0.2, 0) is 6.61 Å². The van der Waals surface area contributed by atoms with Crippen molar-refractivity contribution in [1.29, 1.82) is 0 Å². The second kappa shape index (κ2) is 6.19. The molecule has 0 radical (unpaired) electrons. The second-order valence-electron chi connectivity index (χ2n) is 5.15. The van der Waals surface area contributed by atoms with Gasteiger partial charge in [0.25, 0.3) is 0 Å². The number of aliphatic hydroxyl groups is 1. The fourth-order valence-corrected chi connectivity index (χ4v) is 2.90. The van der Waals surface area contributed by atoms with Crippen LogP contribution in [-0.4, -0.2) is 22.7 Å². The predicted molar refractivity (Wildman–Crippen MR) is 74.8 cm³/mol. The standard InChI is InChI=1S/C15H24N2O/c1-3-17(14-7-5-4-6-8-14)15-10-9-13(11-18)12(2)16-15/h9-10,14,18H,3-8,11H2,1-2H3. The molecule has 1 saturated carbocycles. The molecule has 1 aromatic heterocycles. The van der Waals surface area contributed by atoms with Crippen molar-refractivity contribution in [2.45, 2.75) is 58.6 Å². The van der Waals surface area contributed by atoms with E-state index in [-0.39, 0.29) is 6.61 Å². The molecule has 0 amide bonds. The molecule has 1 aliphatic rings. The van der Waals surface area contributed by atoms with Crippen LogP contribution >= 0.6 is 0 Å². The van der Waals surface area contributed by atoms with Crippen LogP contribution in [0.5, 0.6) is 0 Å². The van der Waals surface area contributed by atoms with Gasteiger partial charge in [-0.15, -0.1) is 0 Å². The Morgan fingerprint density at radius 1 is 1.28 bits per heavy atom. The van der Waals surface area contributed by atoms with Crippen molar-refractivity contribution in [2.24, 2.45) is 0 Å². The van der Waals surface area contributed by atoms with Crippen molar-refractivity contribution in [3.8, 4) is 0 Å². The summed E-state index contributed by atoms with van der Waals surface area (Å²) in [4.78, 5) is 7.08. The predicted octanol–water partition coefficient (Wildman–Crippen LogP) is 3.04. The van der Waals surface area contributed by atoms with Gasteiger partial charge in [-0.1, -0.05) is 25.3 Å². The van der Waals surface area contributed by atoms with Crippen LogP contribution in [0.2, 0.25) is 0 Å². The molecular formula is C15H24N2O. The molecule has 100 valence electrons. The number of nitrogens with zero attached hydrogens (tertiary/aromatic N) is 2. The largest absolute Gasteiger partial charge is 0.392 e. The van der Waals surface area contributed by atoms with E-state index in [0.29, 0.717) is 6.04 Å². The lowest BCUT2D eigenvalue weighted by Gasteiger charge is -2.34. The first-order valence-corrected chi connectivity index (χ1v) is 7.10. The quantitative estimate of drug-likeness (QED) is 0.889. The number of aromatic nitrogens is 1. The van der Waals surface area contributed by atoms with Crippen LogP contribution in [0, 0.1) is 6.92 Å². The first-order chi connectivity index (χ1) is 8.76. The molecule has 1 aliphatic carbocycles. The van der Waals surface area contributed by atoms with E-state index in [1.807, 2.05) is 13.0 Å². The Balaban J connectivity index is 2.18. The van der Waals surface area contributed by atoms with E-state index < -0.39 is 0 Å². The minimum Gasteiger partial charge on any atom is -0.392 e. The van der Waals surface area contributed by atoms with E-state index >= 15 is 0 Å². The summed E-state index contributed by atoms with van der Waals surface area (Å²) in [7, 11) is 0. The van der Waals surface area contributed by atoms with Crippen LogP contribution in [0.1, 0.15) is 50.3 Å². The smallest absolute Gasteiger partial charge is 0.129 e. The lowest BCUT2D eigenvalue weighted by molar-refractivity contribution is 0.280. The third-order valence-electron chi connectivity index (χ3n) is 4.00. The Hall–Kier alpha value is -1.09. The summed E-state index contributed by atoms with van der Waals surface area (Å²) in [5.74, 6) is 1.07. The van der Waals surface area contributed by atoms with E-state index in [1.165, 1.54) is 32.1 Å². The molecule has 0 aliphatic heterocycles. The fraction of sp³-hybridized carbons (Fsp3) is 0.667. The third-order valence-corrected chi connectivity index (χ3v) is 4.00. The van der Waals surface area contributed by atoms with Crippen molar-refractivity contribution >= 4 is 5.82 Å². The van der Waals surface area contributed by atoms with Crippen molar-refractivity contribution in [2.75, 3.05) is 11.4 Å². The number of hydrogen-bond acceptors (Lipinski definition) is 3. The van der Waals surface area contributed by atoms with Crippen LogP contribution in [0.4, 0.5) is 5.82 Å². The van der Waals surface area contributed by atoms with Gasteiger partial charge in [-0.2, -0.15) is 0 Å². The second-order valence-corrected chi connectivity index (χ2v) is 5.15. The highest BCUT2D eigenvalue weighted by atomic mass is 16.3. The zero-order chi connectivity index (χ0) is 13.0. The van der Waals surface area contributed by atoms with E-state index in [2.05, 4.69) is 22.9 Å². The molecule has 0 saturated heterocycles. The maximum Gasteiger partial charge on any atom is 0.129 e. The molecule has 3 nitrogen and oxygen atoms in total. The number of pyridine rings is 1. The number of aryl methyl sites for hydroxylation is 1. The molecule has 18 heavy (non-hydrogen) atoms. The number of rotatable bonds is 4. The molecule has 1 aromatic rings. The van der Waals surface area contributed by atoms with Crippen molar-refractivity contribution < 1.29 is 5.11 Å². The summed E-state index contributed by atoms with van der Waals surface area (Å²) in [6.07, 6.45) is 6.64. The average Bonchev–Trinajstić information content (AvgIpc) is 2.41. The van der Waals surface area contributed by atoms with Gasteiger partial charge in [0.05, 0.1) is 6.61 Å². The maximum absolute atomic E-state index is 9.20. The third kappa shape index (κ3) is 2.83. The Morgan fingerprint density at radius 3 is 2.56 bits per heavy atom. The highest BCUT2D eigenvalue weighted by molar-refractivity contribution is 5.42. The highest BCUT2D eigenvalue weighted by Crippen LogP contribution is 2.26. The summed E-state index contributed by atoms with van der Waals surface area (Å²) in [5.41, 5.74) is 1.88. The van der Waals surface area contributed by atoms with E-state index in [1.54, 1.807) is 0 Å². The molecule has 0 spiro atoms. The first-order valence-electron chi connectivity index (χ1n) is 7.10. The Bertz CT molecular complexity index is 386. The van der Waals surface area contributed by atoms with E-state index in [9.17, 15) is 5.11 Å². The van der Waals surface area contributed by atoms with Gasteiger partial charge in [0.2, 0.25) is 0 Å². The molecule has 0 bridgehead atoms. The Labute approximate surface area is 110 Å². The van der Waals surface area contributed by atoms with Gasteiger partial charge in [-0.25, -0.2) is 4.98 Å². The number of anilines is 1. The minimum atomic E-state index is 0.0780. The summed E-state index contributed by atoms with van der Waals surface area (Å²) < 4.78 is 0. The lowest BCUT2D eigenvalue weighted by Crippen LogP contribution is -2.37. The zero-order valence-corrected chi connectivity index (χ0v) is 11.5. The molecule has 1 heterocycles. The molecule has 0 atom stereocenters. The van der Waals surface area contributed by atoms with Gasteiger partial charge in [0.1, 0.15) is 5.82 Å². The van der Waals surface area contributed by atoms with Crippen molar-refractivity contribution in [3.05, 3.63) is 23.4 Å². The topological polar surface area (TPSA) is 36.4 Å². The SMILES string of the molecule is CCN(c1ccc(CO)c(C)n1)C1CCCCC1. The van der Waals surface area contributed by atoms with E-state index in [0.717, 1.165) is 23.6 Å². The zero-order valence-electron chi connectivity index (χ0n) is 11.5. The monoisotopic (exact) mass is 248 g/mol. The van der Waals surface area contributed by atoms with E-state index in [4.69, 9.17) is 0 Å². The molecule has 0 unspecified atom stereocenters. The fourth-order valence-electron chi connectivity index (χ4n) is 2.90. The molecular weight excluding hydrogens is 224 g/mol. The lowest BCUT2D eigenvalue weighted by atomic mass is 9.94. The van der Waals surface area contributed by atoms with Crippen LogP contribution in [0.3, 0.4) is 0 Å². The average molecular weight is 248 g/mol. The van der Waals surface area contributed by atoms with Crippen molar-refractivity contribution in [3.63, 3.8) is 0 Å². The molecule has 3 heteroatoms. The maximum atomic E-state index is 9.20. The molecule has 0 aromatic carbocycles. The number of hydrogen-bond donors (Lipinski definition) is 1. The van der Waals surface area contributed by atoms with Gasteiger partial charge in [-0.3, -0.25) is 0 Å². The highest BCUT2D eigenvalue weighted by Gasteiger charge is 2.21. The number of aliphatic hydroxyl groups excluding tert-OH is 1.